The van der Waals surface area contributed by atoms with Crippen molar-refractivity contribution < 1.29 is 9.59 Å². The molecule has 1 fully saturated rings. The molecule has 1 aliphatic rings. The predicted octanol–water partition coefficient (Wildman–Crippen LogP) is 4.11. The van der Waals surface area contributed by atoms with Gasteiger partial charge in [0.05, 0.1) is 23.3 Å². The Morgan fingerprint density at radius 2 is 1.61 bits per heavy atom. The molecule has 0 saturated carbocycles. The molecule has 3 amide bonds. The molecule has 31 heavy (non-hydrogen) atoms. The quantitative estimate of drug-likeness (QED) is 0.380. The minimum atomic E-state index is -0.444. The molecule has 2 aromatic carbocycles. The monoisotopic (exact) mass is 455 g/mol. The number of aromatic nitrogens is 3. The van der Waals surface area contributed by atoms with E-state index in [0.29, 0.717) is 27.5 Å². The Kier molecular flexibility index (Phi) is 5.38. The zero-order valence-electron chi connectivity index (χ0n) is 16.9. The van der Waals surface area contributed by atoms with Crippen molar-refractivity contribution in [2.24, 2.45) is 5.41 Å². The van der Waals surface area contributed by atoms with Crippen molar-refractivity contribution in [1.29, 1.82) is 0 Å². The van der Waals surface area contributed by atoms with Gasteiger partial charge in [-0.3, -0.25) is 30.0 Å². The second kappa shape index (κ2) is 8.00. The molecule has 4 rings (SSSR count). The maximum Gasteiger partial charge on any atom is 0.323 e. The first kappa shape index (κ1) is 20.8. The Hall–Kier alpha value is -3.44. The molecule has 0 radical (unpaired) electrons. The van der Waals surface area contributed by atoms with Crippen molar-refractivity contribution in [3.63, 3.8) is 0 Å². The summed E-state index contributed by atoms with van der Waals surface area (Å²) in [6.07, 6.45) is 0. The van der Waals surface area contributed by atoms with Gasteiger partial charge in [-0.15, -0.1) is 0 Å². The van der Waals surface area contributed by atoms with Gasteiger partial charge in [0.1, 0.15) is 0 Å². The number of urea groups is 1. The summed E-state index contributed by atoms with van der Waals surface area (Å²) < 4.78 is 2.53. The third-order valence-corrected chi connectivity index (χ3v) is 5.46. The van der Waals surface area contributed by atoms with Crippen molar-refractivity contribution in [3.05, 3.63) is 58.1 Å². The van der Waals surface area contributed by atoms with Crippen LogP contribution in [0.1, 0.15) is 13.8 Å². The Bertz CT molecular complexity index is 1230. The summed E-state index contributed by atoms with van der Waals surface area (Å²) in [6.45, 7) is 4.37. The van der Waals surface area contributed by atoms with Gasteiger partial charge >= 0.3 is 6.03 Å². The van der Waals surface area contributed by atoms with E-state index in [2.05, 4.69) is 26.3 Å². The molecule has 3 aromatic rings. The first-order chi connectivity index (χ1) is 14.7. The van der Waals surface area contributed by atoms with Crippen molar-refractivity contribution in [2.75, 3.05) is 22.2 Å². The summed E-state index contributed by atoms with van der Waals surface area (Å²) in [5.41, 5.74) is 5.19. The number of anilines is 3. The van der Waals surface area contributed by atoms with Gasteiger partial charge in [0.2, 0.25) is 5.91 Å². The molecular formula is C20H21N7O2S2. The standard InChI is InChI=1S/C20H21N7O2S2/c1-20(2)11-26(25-16(20)28)14-8-6-12(7-9-14)21-17(29)22-13-4-3-5-15(10-13)27-18(30)23-24-19(27)31/h3-10H,11H2,1-2H3,(H,23,30)(H,24,31)(H,25,28)(H2,21,22,29). The lowest BCUT2D eigenvalue weighted by Gasteiger charge is -2.19. The third kappa shape index (κ3) is 4.37. The van der Waals surface area contributed by atoms with Crippen molar-refractivity contribution in [2.45, 2.75) is 13.8 Å². The second-order valence-electron chi connectivity index (χ2n) is 7.78. The summed E-state index contributed by atoms with van der Waals surface area (Å²) in [5, 5.41) is 13.0. The molecular weight excluding hydrogens is 434 g/mol. The van der Waals surface area contributed by atoms with E-state index in [0.717, 1.165) is 11.4 Å². The van der Waals surface area contributed by atoms with E-state index in [1.807, 2.05) is 32.0 Å². The largest absolute Gasteiger partial charge is 0.323 e. The molecule has 0 bridgehead atoms. The van der Waals surface area contributed by atoms with Gasteiger partial charge in [0.15, 0.2) is 9.54 Å². The zero-order valence-corrected chi connectivity index (χ0v) is 18.5. The van der Waals surface area contributed by atoms with Crippen LogP contribution < -0.4 is 21.1 Å². The highest BCUT2D eigenvalue weighted by Gasteiger charge is 2.37. The third-order valence-electron chi connectivity index (χ3n) is 4.89. The average molecular weight is 456 g/mol. The van der Waals surface area contributed by atoms with Gasteiger partial charge < -0.3 is 10.6 Å². The summed E-state index contributed by atoms with van der Waals surface area (Å²) >= 11 is 10.5. The molecule has 160 valence electrons. The van der Waals surface area contributed by atoms with Gasteiger partial charge in [-0.05, 0) is 80.7 Å². The Labute approximate surface area is 188 Å². The fourth-order valence-corrected chi connectivity index (χ4v) is 3.78. The van der Waals surface area contributed by atoms with Crippen LogP contribution in [0.15, 0.2) is 48.5 Å². The number of aromatic amines is 2. The smallest absolute Gasteiger partial charge is 0.308 e. The number of hydrazine groups is 1. The second-order valence-corrected chi connectivity index (χ2v) is 8.56. The lowest BCUT2D eigenvalue weighted by atomic mass is 9.94. The first-order valence-corrected chi connectivity index (χ1v) is 10.3. The number of H-pyrrole nitrogens is 2. The van der Waals surface area contributed by atoms with Crippen LogP contribution in [0.4, 0.5) is 21.9 Å². The molecule has 0 spiro atoms. The molecule has 11 heteroatoms. The van der Waals surface area contributed by atoms with E-state index < -0.39 is 5.41 Å². The molecule has 9 nitrogen and oxygen atoms in total. The molecule has 0 unspecified atom stereocenters. The Morgan fingerprint density at radius 1 is 0.968 bits per heavy atom. The van der Waals surface area contributed by atoms with Gasteiger partial charge in [-0.25, -0.2) is 4.79 Å². The summed E-state index contributed by atoms with van der Waals surface area (Å²) in [5.74, 6) is -0.0154. The topological polar surface area (TPSA) is 110 Å². The van der Waals surface area contributed by atoms with Gasteiger partial charge in [-0.2, -0.15) is 0 Å². The SMILES string of the molecule is CC1(C)CN(c2ccc(NC(=O)Nc3cccc(-n4c(=S)[nH][nH]c4=S)c3)cc2)NC1=O. The van der Waals surface area contributed by atoms with Gasteiger partial charge in [-0.1, -0.05) is 6.07 Å². The van der Waals surface area contributed by atoms with Crippen LogP contribution in [0.5, 0.6) is 0 Å². The summed E-state index contributed by atoms with van der Waals surface area (Å²) in [7, 11) is 0. The molecule has 1 saturated heterocycles. The van der Waals surface area contributed by atoms with Crippen molar-refractivity contribution in [1.82, 2.24) is 20.2 Å². The number of hydrogen-bond donors (Lipinski definition) is 5. The number of hydrogen-bond acceptors (Lipinski definition) is 5. The Morgan fingerprint density at radius 3 is 2.23 bits per heavy atom. The van der Waals surface area contributed by atoms with Gasteiger partial charge in [0.25, 0.3) is 0 Å². The zero-order chi connectivity index (χ0) is 22.2. The highest BCUT2D eigenvalue weighted by molar-refractivity contribution is 7.72. The van der Waals surface area contributed by atoms with Crippen LogP contribution in [-0.4, -0.2) is 33.2 Å². The van der Waals surface area contributed by atoms with Crippen LogP contribution in [0.25, 0.3) is 5.69 Å². The van der Waals surface area contributed by atoms with Crippen LogP contribution in [0, 0.1) is 15.0 Å². The maximum absolute atomic E-state index is 12.4. The van der Waals surface area contributed by atoms with E-state index in [-0.39, 0.29) is 11.9 Å². The van der Waals surface area contributed by atoms with E-state index in [1.54, 1.807) is 39.9 Å². The average Bonchev–Trinajstić information content (AvgIpc) is 3.19. The first-order valence-electron chi connectivity index (χ1n) is 9.50. The fraction of sp³-hybridized carbons (Fsp3) is 0.200. The molecule has 1 aromatic heterocycles. The summed E-state index contributed by atoms with van der Waals surface area (Å²) in [4.78, 5) is 24.4. The number of carbonyl (C=O) groups excluding carboxylic acids is 2. The predicted molar refractivity (Wildman–Crippen MR) is 124 cm³/mol. The number of benzene rings is 2. The van der Waals surface area contributed by atoms with Crippen LogP contribution >= 0.6 is 24.4 Å². The molecule has 1 aliphatic heterocycles. The lowest BCUT2D eigenvalue weighted by molar-refractivity contribution is -0.125. The number of nitrogens with one attached hydrogen (secondary N) is 5. The highest BCUT2D eigenvalue weighted by atomic mass is 32.1. The molecule has 0 aliphatic carbocycles. The maximum atomic E-state index is 12.4. The van der Waals surface area contributed by atoms with E-state index in [9.17, 15) is 9.59 Å². The number of rotatable bonds is 4. The van der Waals surface area contributed by atoms with Gasteiger partial charge in [0, 0.05) is 11.4 Å². The number of nitrogens with zero attached hydrogens (tertiary/aromatic N) is 2. The van der Waals surface area contributed by atoms with Crippen LogP contribution in [0.2, 0.25) is 0 Å². The highest BCUT2D eigenvalue weighted by Crippen LogP contribution is 2.27. The van der Waals surface area contributed by atoms with Crippen molar-refractivity contribution in [3.8, 4) is 5.69 Å². The number of carbonyl (C=O) groups is 2. The fourth-order valence-electron chi connectivity index (χ4n) is 3.22. The minimum Gasteiger partial charge on any atom is -0.308 e. The molecule has 5 N–H and O–H groups in total. The van der Waals surface area contributed by atoms with Crippen molar-refractivity contribution >= 4 is 53.4 Å². The lowest BCUT2D eigenvalue weighted by Crippen LogP contribution is -2.33. The van der Waals surface area contributed by atoms with E-state index >= 15 is 0 Å². The molecule has 0 atom stereocenters. The van der Waals surface area contributed by atoms with Crippen LogP contribution in [-0.2, 0) is 4.79 Å². The molecule has 2 heterocycles. The normalized spacial score (nSPS) is 14.9. The van der Waals surface area contributed by atoms with E-state index in [1.165, 1.54) is 0 Å². The summed E-state index contributed by atoms with van der Waals surface area (Å²) in [6, 6.07) is 14.0. The Balaban J connectivity index is 1.42. The van der Waals surface area contributed by atoms with E-state index in [4.69, 9.17) is 24.4 Å². The number of amides is 3. The van der Waals surface area contributed by atoms with Crippen LogP contribution in [0.3, 0.4) is 0 Å². The minimum absolute atomic E-state index is 0.0154.